The molecule has 4 heteroatoms. The van der Waals surface area contributed by atoms with E-state index in [-0.39, 0.29) is 0 Å². The maximum absolute atomic E-state index is 10.1. The van der Waals surface area contributed by atoms with Crippen molar-refractivity contribution in [3.05, 3.63) is 0 Å². The predicted molar refractivity (Wildman–Crippen MR) is 30.5 cm³/mol. The molecule has 0 saturated carbocycles. The quantitative estimate of drug-likeness (QED) is 0.502. The van der Waals surface area contributed by atoms with Crippen molar-refractivity contribution in [2.24, 2.45) is 5.73 Å². The SMILES string of the molecule is C[C@H](O)[C@H](Cl)C(N)=O. The number of carbonyl (C=O) groups excluding carboxylic acids is 1. The van der Waals surface area contributed by atoms with Crippen LogP contribution in [0.3, 0.4) is 0 Å². The molecule has 0 saturated heterocycles. The lowest BCUT2D eigenvalue weighted by atomic mass is 10.3. The number of nitrogens with two attached hydrogens (primary N) is 1. The first kappa shape index (κ1) is 7.72. The molecule has 0 aromatic carbocycles. The molecule has 0 aliphatic heterocycles. The van der Waals surface area contributed by atoms with Gasteiger partial charge in [-0.1, -0.05) is 0 Å². The maximum atomic E-state index is 10.1. The summed E-state index contributed by atoms with van der Waals surface area (Å²) in [7, 11) is 0. The third kappa shape index (κ3) is 2.14. The Labute approximate surface area is 52.4 Å². The van der Waals surface area contributed by atoms with Crippen molar-refractivity contribution in [2.45, 2.75) is 18.4 Å². The lowest BCUT2D eigenvalue weighted by molar-refractivity contribution is -0.119. The second-order valence-corrected chi connectivity index (χ2v) is 2.01. The first-order valence-corrected chi connectivity index (χ1v) is 2.61. The first-order valence-electron chi connectivity index (χ1n) is 2.17. The summed E-state index contributed by atoms with van der Waals surface area (Å²) in [5.74, 6) is -0.693. The summed E-state index contributed by atoms with van der Waals surface area (Å²) in [4.78, 5) is 10.1. The van der Waals surface area contributed by atoms with Gasteiger partial charge in [0.1, 0.15) is 5.38 Å². The van der Waals surface area contributed by atoms with Gasteiger partial charge in [0.15, 0.2) is 0 Å². The number of rotatable bonds is 2. The average molecular weight is 138 g/mol. The number of amides is 1. The summed E-state index contributed by atoms with van der Waals surface area (Å²) >= 11 is 5.23. The highest BCUT2D eigenvalue weighted by molar-refractivity contribution is 6.30. The highest BCUT2D eigenvalue weighted by Gasteiger charge is 2.16. The molecule has 0 heterocycles. The highest BCUT2D eigenvalue weighted by Crippen LogP contribution is 1.99. The van der Waals surface area contributed by atoms with E-state index in [1.165, 1.54) is 6.92 Å². The summed E-state index contributed by atoms with van der Waals surface area (Å²) in [6.45, 7) is 1.41. The minimum atomic E-state index is -0.963. The number of alkyl halides is 1. The minimum absolute atomic E-state index is 0.693. The molecular weight excluding hydrogens is 130 g/mol. The molecule has 48 valence electrons. The van der Waals surface area contributed by atoms with Gasteiger partial charge in [-0.05, 0) is 6.92 Å². The van der Waals surface area contributed by atoms with Crippen LogP contribution in [0.1, 0.15) is 6.92 Å². The van der Waals surface area contributed by atoms with Crippen LogP contribution in [0.25, 0.3) is 0 Å². The molecule has 0 spiro atoms. The zero-order valence-electron chi connectivity index (χ0n) is 4.47. The van der Waals surface area contributed by atoms with E-state index >= 15 is 0 Å². The molecule has 0 aromatic rings. The lowest BCUT2D eigenvalue weighted by Gasteiger charge is -2.05. The van der Waals surface area contributed by atoms with Gasteiger partial charge in [-0.3, -0.25) is 4.79 Å². The van der Waals surface area contributed by atoms with Gasteiger partial charge in [0, 0.05) is 0 Å². The Morgan fingerprint density at radius 2 is 2.25 bits per heavy atom. The number of hydrogen-bond acceptors (Lipinski definition) is 2. The molecular formula is C4H8ClNO2. The number of hydrogen-bond donors (Lipinski definition) is 2. The van der Waals surface area contributed by atoms with E-state index in [0.717, 1.165) is 0 Å². The van der Waals surface area contributed by atoms with Crippen molar-refractivity contribution in [2.75, 3.05) is 0 Å². The number of primary amides is 1. The third-order valence-electron chi connectivity index (χ3n) is 0.695. The molecule has 3 N–H and O–H groups in total. The van der Waals surface area contributed by atoms with Gasteiger partial charge in [-0.25, -0.2) is 0 Å². The molecule has 0 radical (unpaired) electrons. The van der Waals surface area contributed by atoms with E-state index in [1.807, 2.05) is 0 Å². The van der Waals surface area contributed by atoms with Crippen LogP contribution < -0.4 is 5.73 Å². The molecule has 0 rings (SSSR count). The fourth-order valence-electron chi connectivity index (χ4n) is 0.238. The first-order chi connectivity index (χ1) is 3.55. The monoisotopic (exact) mass is 137 g/mol. The van der Waals surface area contributed by atoms with Crippen molar-refractivity contribution in [3.8, 4) is 0 Å². The second kappa shape index (κ2) is 2.89. The smallest absolute Gasteiger partial charge is 0.238 e. The number of halogens is 1. The van der Waals surface area contributed by atoms with Crippen molar-refractivity contribution in [1.82, 2.24) is 0 Å². The Hall–Kier alpha value is -0.280. The Morgan fingerprint density at radius 1 is 1.88 bits per heavy atom. The van der Waals surface area contributed by atoms with E-state index < -0.39 is 17.4 Å². The molecule has 0 bridgehead atoms. The van der Waals surface area contributed by atoms with Crippen molar-refractivity contribution in [1.29, 1.82) is 0 Å². The van der Waals surface area contributed by atoms with E-state index in [2.05, 4.69) is 0 Å². The average Bonchev–Trinajstić information content (AvgIpc) is 1.64. The van der Waals surface area contributed by atoms with Crippen LogP contribution in [-0.4, -0.2) is 22.5 Å². The van der Waals surface area contributed by atoms with Crippen LogP contribution in [0.15, 0.2) is 0 Å². The van der Waals surface area contributed by atoms with Crippen molar-refractivity contribution >= 4 is 17.5 Å². The van der Waals surface area contributed by atoms with Crippen LogP contribution in [0, 0.1) is 0 Å². The predicted octanol–water partition coefficient (Wildman–Crippen LogP) is -0.540. The van der Waals surface area contributed by atoms with Crippen LogP contribution in [0.5, 0.6) is 0 Å². The van der Waals surface area contributed by atoms with Gasteiger partial charge in [0.05, 0.1) is 6.10 Å². The molecule has 0 aliphatic carbocycles. The fourth-order valence-corrected chi connectivity index (χ4v) is 0.238. The van der Waals surface area contributed by atoms with E-state index in [4.69, 9.17) is 22.4 Å². The van der Waals surface area contributed by atoms with Gasteiger partial charge < -0.3 is 10.8 Å². The van der Waals surface area contributed by atoms with E-state index in [9.17, 15) is 4.79 Å². The molecule has 0 aromatic heterocycles. The van der Waals surface area contributed by atoms with E-state index in [1.54, 1.807) is 0 Å². The summed E-state index contributed by atoms with van der Waals surface area (Å²) in [6.07, 6.45) is -0.867. The molecule has 0 unspecified atom stereocenters. The molecule has 3 nitrogen and oxygen atoms in total. The Bertz CT molecular complexity index is 94.0. The van der Waals surface area contributed by atoms with Gasteiger partial charge in [0.2, 0.25) is 5.91 Å². The Morgan fingerprint density at radius 3 is 2.25 bits per heavy atom. The van der Waals surface area contributed by atoms with E-state index in [0.29, 0.717) is 0 Å². The topological polar surface area (TPSA) is 63.3 Å². The third-order valence-corrected chi connectivity index (χ3v) is 1.28. The van der Waals surface area contributed by atoms with Gasteiger partial charge in [-0.15, -0.1) is 11.6 Å². The van der Waals surface area contributed by atoms with Crippen molar-refractivity contribution in [3.63, 3.8) is 0 Å². The maximum Gasteiger partial charge on any atom is 0.238 e. The number of aliphatic hydroxyl groups excluding tert-OH is 1. The summed E-state index contributed by atoms with van der Waals surface area (Å²) in [6, 6.07) is 0. The molecule has 2 atom stereocenters. The number of aliphatic hydroxyl groups is 1. The lowest BCUT2D eigenvalue weighted by Crippen LogP contribution is -2.32. The standard InChI is InChI=1S/C4H8ClNO2/c1-2(7)3(5)4(6)8/h2-3,7H,1H3,(H2,6,8)/t2-,3-/m0/s1. The highest BCUT2D eigenvalue weighted by atomic mass is 35.5. The molecule has 0 aliphatic rings. The van der Waals surface area contributed by atoms with Gasteiger partial charge >= 0.3 is 0 Å². The van der Waals surface area contributed by atoms with Crippen LogP contribution in [-0.2, 0) is 4.79 Å². The summed E-state index contributed by atoms with van der Waals surface area (Å²) in [5, 5.41) is 7.60. The second-order valence-electron chi connectivity index (χ2n) is 1.54. The zero-order chi connectivity index (χ0) is 6.73. The largest absolute Gasteiger partial charge is 0.391 e. The zero-order valence-corrected chi connectivity index (χ0v) is 5.22. The van der Waals surface area contributed by atoms with Crippen molar-refractivity contribution < 1.29 is 9.90 Å². The summed E-state index contributed by atoms with van der Waals surface area (Å²) in [5.41, 5.74) is 4.71. The Balaban J connectivity index is 3.64. The number of carbonyl (C=O) groups is 1. The molecule has 1 amide bonds. The minimum Gasteiger partial charge on any atom is -0.391 e. The molecule has 0 fully saturated rings. The van der Waals surface area contributed by atoms with Crippen LogP contribution >= 0.6 is 11.6 Å². The van der Waals surface area contributed by atoms with Gasteiger partial charge in [0.25, 0.3) is 0 Å². The normalized spacial score (nSPS) is 17.4. The van der Waals surface area contributed by atoms with Gasteiger partial charge in [-0.2, -0.15) is 0 Å². The van der Waals surface area contributed by atoms with Crippen LogP contribution in [0.4, 0.5) is 0 Å². The summed E-state index contributed by atoms with van der Waals surface area (Å²) < 4.78 is 0. The van der Waals surface area contributed by atoms with Crippen LogP contribution in [0.2, 0.25) is 0 Å². The molecule has 8 heavy (non-hydrogen) atoms. The fraction of sp³-hybridized carbons (Fsp3) is 0.750. The Kier molecular flexibility index (Phi) is 2.79.